The SMILES string of the molecule is NNC(Cc1nc2ccccc2s1)C1C2C3CCC(C3)C21. The predicted molar refractivity (Wildman–Crippen MR) is 85.7 cm³/mol. The standard InChI is InChI=1S/C17H21N3S/c18-20-12(17-15-9-5-6-10(7-9)16(15)17)8-14-19-11-3-1-2-4-13(11)21-14/h1-4,9-10,12,15-17,20H,5-8,18H2. The third kappa shape index (κ3) is 1.82. The molecule has 0 spiro atoms. The molecule has 2 bridgehead atoms. The lowest BCUT2D eigenvalue weighted by molar-refractivity contribution is 0.365. The van der Waals surface area contributed by atoms with Gasteiger partial charge in [0.1, 0.15) is 0 Å². The molecule has 21 heavy (non-hydrogen) atoms. The van der Waals surface area contributed by atoms with Gasteiger partial charge in [-0.3, -0.25) is 11.3 Å². The normalized spacial score (nSPS) is 37.9. The van der Waals surface area contributed by atoms with Gasteiger partial charge in [0.05, 0.1) is 15.2 Å². The fourth-order valence-electron chi connectivity index (χ4n) is 5.43. The second-order valence-corrected chi connectivity index (χ2v) is 8.23. The van der Waals surface area contributed by atoms with E-state index in [1.807, 2.05) is 11.3 Å². The van der Waals surface area contributed by atoms with Crippen molar-refractivity contribution < 1.29 is 0 Å². The molecule has 3 N–H and O–H groups in total. The molecule has 3 aliphatic rings. The topological polar surface area (TPSA) is 50.9 Å². The van der Waals surface area contributed by atoms with E-state index >= 15 is 0 Å². The first kappa shape index (κ1) is 12.6. The third-order valence-corrected chi connectivity index (χ3v) is 7.26. The van der Waals surface area contributed by atoms with Crippen molar-refractivity contribution in [3.63, 3.8) is 0 Å². The first-order valence-electron chi connectivity index (χ1n) is 8.15. The van der Waals surface area contributed by atoms with Crippen molar-refractivity contribution in [2.24, 2.45) is 35.4 Å². The van der Waals surface area contributed by atoms with Crippen LogP contribution in [-0.4, -0.2) is 11.0 Å². The Hall–Kier alpha value is -0.970. The summed E-state index contributed by atoms with van der Waals surface area (Å²) < 4.78 is 1.29. The van der Waals surface area contributed by atoms with Gasteiger partial charge < -0.3 is 0 Å². The quantitative estimate of drug-likeness (QED) is 0.674. The molecule has 3 saturated carbocycles. The molecule has 0 amide bonds. The number of hydrogen-bond donors (Lipinski definition) is 2. The highest BCUT2D eigenvalue weighted by atomic mass is 32.1. The fraction of sp³-hybridized carbons (Fsp3) is 0.588. The zero-order chi connectivity index (χ0) is 14.0. The smallest absolute Gasteiger partial charge is 0.0954 e. The van der Waals surface area contributed by atoms with Crippen LogP contribution in [0.15, 0.2) is 24.3 Å². The molecule has 4 heteroatoms. The second-order valence-electron chi connectivity index (χ2n) is 7.12. The van der Waals surface area contributed by atoms with Crippen molar-refractivity contribution in [3.8, 4) is 0 Å². The van der Waals surface area contributed by atoms with Gasteiger partial charge in [0.2, 0.25) is 0 Å². The minimum absolute atomic E-state index is 0.420. The summed E-state index contributed by atoms with van der Waals surface area (Å²) in [4.78, 5) is 4.78. The average molecular weight is 299 g/mol. The monoisotopic (exact) mass is 299 g/mol. The fourth-order valence-corrected chi connectivity index (χ4v) is 6.46. The van der Waals surface area contributed by atoms with Crippen molar-refractivity contribution in [2.45, 2.75) is 31.7 Å². The van der Waals surface area contributed by atoms with Crippen LogP contribution in [0, 0.1) is 29.6 Å². The van der Waals surface area contributed by atoms with Gasteiger partial charge >= 0.3 is 0 Å². The van der Waals surface area contributed by atoms with Gasteiger partial charge in [0, 0.05) is 12.5 Å². The van der Waals surface area contributed by atoms with Crippen LogP contribution in [0.3, 0.4) is 0 Å². The number of aromatic nitrogens is 1. The summed E-state index contributed by atoms with van der Waals surface area (Å²) in [7, 11) is 0. The number of thiazole rings is 1. The largest absolute Gasteiger partial charge is 0.271 e. The maximum atomic E-state index is 5.90. The minimum Gasteiger partial charge on any atom is -0.271 e. The zero-order valence-electron chi connectivity index (χ0n) is 12.0. The molecule has 3 nitrogen and oxygen atoms in total. The lowest BCUT2D eigenvalue weighted by Crippen LogP contribution is -2.40. The van der Waals surface area contributed by atoms with E-state index in [1.165, 1.54) is 29.0 Å². The minimum atomic E-state index is 0.420. The summed E-state index contributed by atoms with van der Waals surface area (Å²) in [5.41, 5.74) is 4.25. The van der Waals surface area contributed by atoms with E-state index in [1.54, 1.807) is 0 Å². The molecular weight excluding hydrogens is 278 g/mol. The van der Waals surface area contributed by atoms with Gasteiger partial charge in [-0.1, -0.05) is 12.1 Å². The molecule has 1 aromatic carbocycles. The number of rotatable bonds is 4. The van der Waals surface area contributed by atoms with Crippen LogP contribution in [-0.2, 0) is 6.42 Å². The number of hydrazine groups is 1. The van der Waals surface area contributed by atoms with E-state index in [0.717, 1.165) is 41.5 Å². The van der Waals surface area contributed by atoms with Gasteiger partial charge in [0.25, 0.3) is 0 Å². The molecule has 3 aliphatic carbocycles. The van der Waals surface area contributed by atoms with E-state index in [2.05, 4.69) is 29.7 Å². The highest BCUT2D eigenvalue weighted by molar-refractivity contribution is 7.18. The van der Waals surface area contributed by atoms with Crippen molar-refractivity contribution in [2.75, 3.05) is 0 Å². The Bertz CT molecular complexity index is 632. The maximum absolute atomic E-state index is 5.90. The van der Waals surface area contributed by atoms with Crippen LogP contribution in [0.25, 0.3) is 10.2 Å². The summed E-state index contributed by atoms with van der Waals surface area (Å²) in [5.74, 6) is 10.7. The molecule has 0 radical (unpaired) electrons. The Labute approximate surface area is 128 Å². The molecule has 0 aliphatic heterocycles. The van der Waals surface area contributed by atoms with Gasteiger partial charge in [-0.2, -0.15) is 0 Å². The second kappa shape index (κ2) is 4.51. The molecule has 1 heterocycles. The number of nitrogens with zero attached hydrogens (tertiary/aromatic N) is 1. The lowest BCUT2D eigenvalue weighted by atomic mass is 9.96. The summed E-state index contributed by atoms with van der Waals surface area (Å²) in [5, 5.41) is 1.23. The summed E-state index contributed by atoms with van der Waals surface area (Å²) in [6.45, 7) is 0. The van der Waals surface area contributed by atoms with Crippen LogP contribution in [0.5, 0.6) is 0 Å². The van der Waals surface area contributed by atoms with Gasteiger partial charge in [-0.15, -0.1) is 11.3 Å². The zero-order valence-corrected chi connectivity index (χ0v) is 12.9. The van der Waals surface area contributed by atoms with Crippen LogP contribution >= 0.6 is 11.3 Å². The Morgan fingerprint density at radius 1 is 1.24 bits per heavy atom. The third-order valence-electron chi connectivity index (χ3n) is 6.21. The van der Waals surface area contributed by atoms with Crippen molar-refractivity contribution in [1.29, 1.82) is 0 Å². The molecule has 5 unspecified atom stereocenters. The molecule has 2 aromatic rings. The number of fused-ring (bicyclic) bond motifs is 6. The van der Waals surface area contributed by atoms with Gasteiger partial charge in [-0.25, -0.2) is 4.98 Å². The molecule has 1 aromatic heterocycles. The van der Waals surface area contributed by atoms with Gasteiger partial charge in [0.15, 0.2) is 0 Å². The lowest BCUT2D eigenvalue weighted by Gasteiger charge is -2.18. The Morgan fingerprint density at radius 2 is 2.00 bits per heavy atom. The first-order valence-corrected chi connectivity index (χ1v) is 8.97. The molecule has 3 fully saturated rings. The average Bonchev–Trinajstić information content (AvgIpc) is 2.86. The Morgan fingerprint density at radius 3 is 2.71 bits per heavy atom. The summed E-state index contributed by atoms with van der Waals surface area (Å²) in [6.07, 6.45) is 5.44. The number of nitrogens with two attached hydrogens (primary N) is 1. The van der Waals surface area contributed by atoms with Crippen LogP contribution in [0.4, 0.5) is 0 Å². The predicted octanol–water partition coefficient (Wildman–Crippen LogP) is 2.96. The highest BCUT2D eigenvalue weighted by Crippen LogP contribution is 2.70. The highest BCUT2D eigenvalue weighted by Gasteiger charge is 2.66. The Balaban J connectivity index is 1.37. The summed E-state index contributed by atoms with van der Waals surface area (Å²) in [6, 6.07) is 8.84. The number of benzene rings is 1. The van der Waals surface area contributed by atoms with E-state index in [9.17, 15) is 0 Å². The number of para-hydroxylation sites is 1. The number of hydrogen-bond acceptors (Lipinski definition) is 4. The molecule has 5 rings (SSSR count). The number of nitrogens with one attached hydrogen (secondary N) is 1. The van der Waals surface area contributed by atoms with Crippen molar-refractivity contribution in [3.05, 3.63) is 29.3 Å². The van der Waals surface area contributed by atoms with E-state index in [0.29, 0.717) is 6.04 Å². The maximum Gasteiger partial charge on any atom is 0.0954 e. The van der Waals surface area contributed by atoms with E-state index in [4.69, 9.17) is 10.8 Å². The van der Waals surface area contributed by atoms with Crippen molar-refractivity contribution in [1.82, 2.24) is 10.4 Å². The summed E-state index contributed by atoms with van der Waals surface area (Å²) >= 11 is 1.82. The van der Waals surface area contributed by atoms with Crippen LogP contribution in [0.2, 0.25) is 0 Å². The Kier molecular flexibility index (Phi) is 2.70. The van der Waals surface area contributed by atoms with E-state index in [-0.39, 0.29) is 0 Å². The molecule has 110 valence electrons. The van der Waals surface area contributed by atoms with E-state index < -0.39 is 0 Å². The van der Waals surface area contributed by atoms with Crippen molar-refractivity contribution >= 4 is 21.6 Å². The molecule has 5 atom stereocenters. The van der Waals surface area contributed by atoms with Crippen LogP contribution in [0.1, 0.15) is 24.3 Å². The van der Waals surface area contributed by atoms with Gasteiger partial charge in [-0.05, 0) is 61.0 Å². The first-order chi connectivity index (χ1) is 10.3. The van der Waals surface area contributed by atoms with Crippen LogP contribution < -0.4 is 11.3 Å². The molecular formula is C17H21N3S. The molecule has 0 saturated heterocycles.